The third-order valence-electron chi connectivity index (χ3n) is 8.49. The Morgan fingerprint density at radius 1 is 1.05 bits per heavy atom. The lowest BCUT2D eigenvalue weighted by molar-refractivity contribution is -0.0480. The molecule has 2 unspecified atom stereocenters. The first-order valence-electron chi connectivity index (χ1n) is 14.0. The quantitative estimate of drug-likeness (QED) is 0.317. The van der Waals surface area contributed by atoms with Crippen molar-refractivity contribution in [2.75, 3.05) is 50.9 Å². The molecule has 37 heavy (non-hydrogen) atoms. The van der Waals surface area contributed by atoms with Crippen LogP contribution >= 0.6 is 11.6 Å². The van der Waals surface area contributed by atoms with Gasteiger partial charge in [-0.15, -0.1) is 0 Å². The van der Waals surface area contributed by atoms with E-state index in [4.69, 9.17) is 30.8 Å². The molecule has 0 amide bonds. The maximum absolute atomic E-state index is 15.0. The molecule has 0 radical (unpaired) electrons. The molecule has 3 atom stereocenters. The molecule has 3 aliphatic heterocycles. The first-order chi connectivity index (χ1) is 18.1. The van der Waals surface area contributed by atoms with Gasteiger partial charge in [0.05, 0.1) is 18.6 Å². The molecule has 202 valence electrons. The number of fused-ring (bicyclic) bond motifs is 3. The lowest BCUT2D eigenvalue weighted by Gasteiger charge is -2.33. The van der Waals surface area contributed by atoms with Crippen LogP contribution in [0.15, 0.2) is 6.20 Å². The largest absolute Gasteiger partial charge is 0.462 e. The molecule has 4 aliphatic rings. The molecule has 3 saturated heterocycles. The van der Waals surface area contributed by atoms with Crippen molar-refractivity contribution in [1.82, 2.24) is 19.9 Å². The summed E-state index contributed by atoms with van der Waals surface area (Å²) < 4.78 is 32.2. The second kappa shape index (κ2) is 11.5. The summed E-state index contributed by atoms with van der Waals surface area (Å²) in [6, 6.07) is 0.547. The minimum Gasteiger partial charge on any atom is -0.462 e. The zero-order valence-corrected chi connectivity index (χ0v) is 22.2. The van der Waals surface area contributed by atoms with Crippen molar-refractivity contribution >= 4 is 28.3 Å². The third kappa shape index (κ3) is 5.79. The first kappa shape index (κ1) is 25.5. The Morgan fingerprint density at radius 3 is 2.68 bits per heavy atom. The molecule has 2 aromatic heterocycles. The number of hydrogen-bond acceptors (Lipinski definition) is 8. The molecule has 1 aliphatic carbocycles. The zero-order valence-electron chi connectivity index (χ0n) is 21.4. The molecule has 10 heteroatoms. The van der Waals surface area contributed by atoms with Gasteiger partial charge in [-0.1, -0.05) is 18.0 Å². The molecule has 6 rings (SSSR count). The minimum atomic E-state index is -0.608. The molecule has 0 N–H and O–H groups in total. The lowest BCUT2D eigenvalue weighted by atomic mass is 9.99. The summed E-state index contributed by atoms with van der Waals surface area (Å²) in [5, 5.41) is 0.432. The van der Waals surface area contributed by atoms with Crippen molar-refractivity contribution in [2.24, 2.45) is 11.8 Å². The topological polar surface area (TPSA) is 72.8 Å². The molecular weight excluding hydrogens is 497 g/mol. The van der Waals surface area contributed by atoms with Gasteiger partial charge in [0, 0.05) is 25.3 Å². The SMILES string of the molecule is Fc1c(Cl)ncc2c(N3CC4CCC(C4)C3)nc(OC[C@@H]3CCCN3CCCCCC3OCCO3)nc12. The summed E-state index contributed by atoms with van der Waals surface area (Å²) in [7, 11) is 0. The lowest BCUT2D eigenvalue weighted by Crippen LogP contribution is -2.37. The van der Waals surface area contributed by atoms with E-state index >= 15 is 4.39 Å². The van der Waals surface area contributed by atoms with E-state index in [-0.39, 0.29) is 23.0 Å². The highest BCUT2D eigenvalue weighted by molar-refractivity contribution is 6.30. The second-order valence-corrected chi connectivity index (χ2v) is 11.4. The van der Waals surface area contributed by atoms with Gasteiger partial charge >= 0.3 is 6.01 Å². The van der Waals surface area contributed by atoms with Crippen molar-refractivity contribution in [2.45, 2.75) is 70.1 Å². The van der Waals surface area contributed by atoms with Crippen molar-refractivity contribution in [3.8, 4) is 6.01 Å². The molecule has 4 fully saturated rings. The number of pyridine rings is 1. The van der Waals surface area contributed by atoms with Crippen LogP contribution in [-0.4, -0.2) is 78.2 Å². The first-order valence-corrected chi connectivity index (χ1v) is 14.4. The van der Waals surface area contributed by atoms with Crippen LogP contribution in [0.4, 0.5) is 10.2 Å². The normalized spacial score (nSPS) is 26.5. The fourth-order valence-corrected chi connectivity index (χ4v) is 6.75. The molecule has 5 heterocycles. The van der Waals surface area contributed by atoms with Gasteiger partial charge in [0.15, 0.2) is 17.3 Å². The van der Waals surface area contributed by atoms with E-state index in [9.17, 15) is 0 Å². The number of anilines is 1. The van der Waals surface area contributed by atoms with Crippen LogP contribution in [0, 0.1) is 17.7 Å². The van der Waals surface area contributed by atoms with E-state index < -0.39 is 5.82 Å². The highest BCUT2D eigenvalue weighted by Gasteiger charge is 2.35. The number of aromatic nitrogens is 3. The number of halogens is 2. The van der Waals surface area contributed by atoms with E-state index in [1.807, 2.05) is 0 Å². The average molecular weight is 534 g/mol. The number of ether oxygens (including phenoxy) is 3. The summed E-state index contributed by atoms with van der Waals surface area (Å²) in [6.45, 7) is 5.94. The fourth-order valence-electron chi connectivity index (χ4n) is 6.61. The number of nitrogens with zero attached hydrogens (tertiary/aromatic N) is 5. The molecule has 2 bridgehead atoms. The van der Waals surface area contributed by atoms with Gasteiger partial charge in [0.1, 0.15) is 17.9 Å². The van der Waals surface area contributed by atoms with Crippen molar-refractivity contribution < 1.29 is 18.6 Å². The average Bonchev–Trinajstić information content (AvgIpc) is 3.66. The summed E-state index contributed by atoms with van der Waals surface area (Å²) in [4.78, 5) is 18.1. The molecule has 1 saturated carbocycles. The van der Waals surface area contributed by atoms with Gasteiger partial charge in [-0.25, -0.2) is 9.37 Å². The van der Waals surface area contributed by atoms with Crippen LogP contribution in [0.3, 0.4) is 0 Å². The van der Waals surface area contributed by atoms with Crippen molar-refractivity contribution in [3.05, 3.63) is 17.2 Å². The summed E-state index contributed by atoms with van der Waals surface area (Å²) in [5.41, 5.74) is 0.191. The van der Waals surface area contributed by atoms with Crippen LogP contribution in [0.1, 0.15) is 57.8 Å². The number of unbranched alkanes of at least 4 members (excludes halogenated alkanes) is 2. The van der Waals surface area contributed by atoms with Crippen LogP contribution in [0.5, 0.6) is 6.01 Å². The van der Waals surface area contributed by atoms with Crippen LogP contribution in [-0.2, 0) is 9.47 Å². The van der Waals surface area contributed by atoms with E-state index in [0.717, 1.165) is 83.7 Å². The van der Waals surface area contributed by atoms with Crippen LogP contribution < -0.4 is 9.64 Å². The van der Waals surface area contributed by atoms with Gasteiger partial charge in [-0.3, -0.25) is 4.90 Å². The number of rotatable bonds is 10. The Kier molecular flexibility index (Phi) is 7.93. The maximum Gasteiger partial charge on any atom is 0.319 e. The highest BCUT2D eigenvalue weighted by Crippen LogP contribution is 2.40. The number of hydrogen-bond donors (Lipinski definition) is 0. The second-order valence-electron chi connectivity index (χ2n) is 11.1. The highest BCUT2D eigenvalue weighted by atomic mass is 35.5. The van der Waals surface area contributed by atoms with E-state index in [0.29, 0.717) is 29.9 Å². The van der Waals surface area contributed by atoms with Gasteiger partial charge in [-0.05, 0) is 76.3 Å². The van der Waals surface area contributed by atoms with Crippen molar-refractivity contribution in [3.63, 3.8) is 0 Å². The Labute approximate surface area is 222 Å². The number of likely N-dealkylation sites (tertiary alicyclic amines) is 1. The zero-order chi connectivity index (χ0) is 25.2. The molecular formula is C27H37ClFN5O3. The third-order valence-corrected chi connectivity index (χ3v) is 8.75. The van der Waals surface area contributed by atoms with Crippen LogP contribution in [0.2, 0.25) is 5.15 Å². The summed E-state index contributed by atoms with van der Waals surface area (Å²) >= 11 is 6.02. The van der Waals surface area contributed by atoms with Gasteiger partial charge < -0.3 is 19.1 Å². The van der Waals surface area contributed by atoms with Gasteiger partial charge in [0.25, 0.3) is 0 Å². The standard InChI is InChI=1S/C27H37ClFN5O3/c28-25-23(29)24-21(14-30-25)26(34-15-18-7-8-19(13-18)16-34)32-27(31-24)37-17-20-5-4-10-33(20)9-3-1-2-6-22-35-11-12-36-22/h14,18-20,22H,1-13,15-17H2/t18?,19?,20-/m0/s1. The summed E-state index contributed by atoms with van der Waals surface area (Å²) in [6.07, 6.45) is 12.0. The predicted molar refractivity (Wildman–Crippen MR) is 140 cm³/mol. The Morgan fingerprint density at radius 2 is 1.86 bits per heavy atom. The Hall–Kier alpha value is -1.81. The molecule has 8 nitrogen and oxygen atoms in total. The fraction of sp³-hybridized carbons (Fsp3) is 0.741. The van der Waals surface area contributed by atoms with Gasteiger partial charge in [0.2, 0.25) is 0 Å². The summed E-state index contributed by atoms with van der Waals surface area (Å²) in [5.74, 6) is 1.45. The minimum absolute atomic E-state index is 0.00428. The number of piperidine rings is 1. The maximum atomic E-state index is 15.0. The smallest absolute Gasteiger partial charge is 0.319 e. The molecule has 0 spiro atoms. The monoisotopic (exact) mass is 533 g/mol. The molecule has 2 aromatic rings. The van der Waals surface area contributed by atoms with E-state index in [1.54, 1.807) is 6.20 Å². The van der Waals surface area contributed by atoms with E-state index in [1.165, 1.54) is 19.3 Å². The van der Waals surface area contributed by atoms with E-state index in [2.05, 4.69) is 19.8 Å². The van der Waals surface area contributed by atoms with Gasteiger partial charge in [-0.2, -0.15) is 9.97 Å². The molecule has 0 aromatic carbocycles. The van der Waals surface area contributed by atoms with Crippen LogP contribution in [0.25, 0.3) is 10.9 Å². The Balaban J connectivity index is 1.10. The Bertz CT molecular complexity index is 1080. The predicted octanol–water partition coefficient (Wildman–Crippen LogP) is 4.83. The van der Waals surface area contributed by atoms with Crippen molar-refractivity contribution in [1.29, 1.82) is 0 Å².